The molecule has 0 fully saturated rings. The third-order valence-electron chi connectivity index (χ3n) is 11.1. The number of anilines is 5. The average molecular weight is 742 g/mol. The number of hydrogen-bond donors (Lipinski definition) is 0. The van der Waals surface area contributed by atoms with Crippen molar-refractivity contribution < 1.29 is 0 Å². The van der Waals surface area contributed by atoms with Crippen molar-refractivity contribution in [2.45, 2.75) is 58.3 Å². The number of aromatic nitrogens is 1. The lowest BCUT2D eigenvalue weighted by Gasteiger charge is -2.31. The zero-order valence-electron chi connectivity index (χ0n) is 33.4. The van der Waals surface area contributed by atoms with Crippen molar-refractivity contribution in [3.63, 3.8) is 0 Å². The molecule has 1 heterocycles. The van der Waals surface area contributed by atoms with E-state index >= 15 is 0 Å². The number of benzene rings is 6. The van der Waals surface area contributed by atoms with Gasteiger partial charge in [0.25, 0.3) is 0 Å². The molecule has 0 aliphatic heterocycles. The van der Waals surface area contributed by atoms with Gasteiger partial charge >= 0.3 is 0 Å². The molecule has 0 radical (unpaired) electrons. The topological polar surface area (TPSA) is 19.4 Å². The van der Waals surface area contributed by atoms with Crippen LogP contribution in [0, 0.1) is 0 Å². The maximum Gasteiger partial charge on any atom is 0.0705 e. The van der Waals surface area contributed by atoms with Gasteiger partial charge in [0, 0.05) is 45.9 Å². The Bertz CT molecular complexity index is 2430. The van der Waals surface area contributed by atoms with Crippen LogP contribution < -0.4 is 9.80 Å². The first kappa shape index (κ1) is 37.5. The molecular weight excluding hydrogens is 691 g/mol. The van der Waals surface area contributed by atoms with Crippen LogP contribution in [0.15, 0.2) is 200 Å². The molecule has 282 valence electrons. The Hall–Kier alpha value is -6.45. The number of unbranched alkanes of at least 4 members (excludes halogenated alkanes) is 1. The molecular formula is C54H51N3. The van der Waals surface area contributed by atoms with Gasteiger partial charge < -0.3 is 9.80 Å². The Morgan fingerprint density at radius 1 is 0.526 bits per heavy atom. The number of para-hydroxylation sites is 3. The number of nitrogens with zero attached hydrogens (tertiary/aromatic N) is 3. The van der Waals surface area contributed by atoms with E-state index in [0.29, 0.717) is 0 Å². The van der Waals surface area contributed by atoms with E-state index in [1.807, 2.05) is 12.3 Å². The van der Waals surface area contributed by atoms with E-state index in [1.165, 1.54) is 40.8 Å². The third kappa shape index (κ3) is 8.39. The predicted molar refractivity (Wildman–Crippen MR) is 243 cm³/mol. The van der Waals surface area contributed by atoms with E-state index in [2.05, 4.69) is 213 Å². The van der Waals surface area contributed by atoms with Gasteiger partial charge in [-0.25, -0.2) is 0 Å². The van der Waals surface area contributed by atoms with Crippen LogP contribution in [0.5, 0.6) is 0 Å². The zero-order chi connectivity index (χ0) is 39.0. The highest BCUT2D eigenvalue weighted by atomic mass is 15.2. The van der Waals surface area contributed by atoms with Gasteiger partial charge in [-0.2, -0.15) is 0 Å². The van der Waals surface area contributed by atoms with Crippen molar-refractivity contribution in [1.82, 2.24) is 4.98 Å². The molecule has 1 aliphatic rings. The largest absolute Gasteiger partial charge is 0.311 e. The summed E-state index contributed by atoms with van der Waals surface area (Å²) in [5, 5.41) is 0. The van der Waals surface area contributed by atoms with Crippen LogP contribution in [-0.2, 0) is 5.41 Å². The van der Waals surface area contributed by atoms with Gasteiger partial charge in [-0.05, 0) is 137 Å². The van der Waals surface area contributed by atoms with Crippen molar-refractivity contribution in [1.29, 1.82) is 0 Å². The van der Waals surface area contributed by atoms with Crippen LogP contribution >= 0.6 is 0 Å². The SMILES string of the molecule is CCCCC(C)(C)c1ccc(-c2cccc(-c3cc(N(C4=CCCC=C4)c4ccccc4)cc(N(c4ccccc4)c4ccccc4)c3)c2)cc1-c1ccccn1. The second-order valence-electron chi connectivity index (χ2n) is 15.6. The Morgan fingerprint density at radius 3 is 1.72 bits per heavy atom. The molecule has 57 heavy (non-hydrogen) atoms. The van der Waals surface area contributed by atoms with Gasteiger partial charge in [-0.1, -0.05) is 137 Å². The summed E-state index contributed by atoms with van der Waals surface area (Å²) in [5.74, 6) is 0. The highest BCUT2D eigenvalue weighted by Gasteiger charge is 2.25. The minimum Gasteiger partial charge on any atom is -0.311 e. The number of pyridine rings is 1. The summed E-state index contributed by atoms with van der Waals surface area (Å²) in [6.45, 7) is 7.03. The van der Waals surface area contributed by atoms with Crippen LogP contribution in [-0.4, -0.2) is 4.98 Å². The summed E-state index contributed by atoms with van der Waals surface area (Å²) in [6.07, 6.45) is 14.4. The van der Waals surface area contributed by atoms with Gasteiger partial charge in [0.2, 0.25) is 0 Å². The standard InChI is InChI=1S/C54H51N3/c1-4-5-34-54(2,3)52-33-32-43(39-51(52)53-31-18-19-35-55-53)41-21-20-22-42(36-41)44-37-49(56(45-23-10-6-11-24-45)46-25-12-7-13-26-46)40-50(38-44)57(47-27-14-8-15-28-47)48-29-16-9-17-30-48/h6-8,10-16,18-33,35-40H,4-5,9,17,34H2,1-3H3. The zero-order valence-corrected chi connectivity index (χ0v) is 33.4. The minimum absolute atomic E-state index is 0.0249. The average Bonchev–Trinajstić information content (AvgIpc) is 3.27. The summed E-state index contributed by atoms with van der Waals surface area (Å²) < 4.78 is 0. The summed E-state index contributed by atoms with van der Waals surface area (Å²) in [6, 6.07) is 61.4. The maximum absolute atomic E-state index is 4.85. The van der Waals surface area contributed by atoms with Crippen LogP contribution in [0.1, 0.15) is 58.4 Å². The molecule has 0 atom stereocenters. The molecule has 1 aromatic heterocycles. The lowest BCUT2D eigenvalue weighted by molar-refractivity contribution is 0.459. The monoisotopic (exact) mass is 741 g/mol. The molecule has 1 aliphatic carbocycles. The maximum atomic E-state index is 4.85. The van der Waals surface area contributed by atoms with Crippen LogP contribution in [0.25, 0.3) is 33.5 Å². The van der Waals surface area contributed by atoms with Crippen LogP contribution in [0.3, 0.4) is 0 Å². The molecule has 0 spiro atoms. The fraction of sp³-hybridized carbons (Fsp3) is 0.167. The fourth-order valence-electron chi connectivity index (χ4n) is 8.09. The molecule has 0 saturated heterocycles. The Kier molecular flexibility index (Phi) is 11.3. The van der Waals surface area contributed by atoms with Crippen molar-refractivity contribution in [2.24, 2.45) is 0 Å². The second-order valence-corrected chi connectivity index (χ2v) is 15.6. The van der Waals surface area contributed by atoms with E-state index in [4.69, 9.17) is 4.98 Å². The predicted octanol–water partition coefficient (Wildman–Crippen LogP) is 15.4. The summed E-state index contributed by atoms with van der Waals surface area (Å²) in [5.41, 5.74) is 15.0. The van der Waals surface area contributed by atoms with E-state index in [0.717, 1.165) is 64.5 Å². The molecule has 3 nitrogen and oxygen atoms in total. The number of rotatable bonds is 13. The first-order valence-electron chi connectivity index (χ1n) is 20.4. The van der Waals surface area contributed by atoms with Crippen molar-refractivity contribution >= 4 is 28.4 Å². The van der Waals surface area contributed by atoms with Gasteiger partial charge in [-0.15, -0.1) is 0 Å². The van der Waals surface area contributed by atoms with Gasteiger partial charge in [-0.3, -0.25) is 4.98 Å². The molecule has 3 heteroatoms. The Morgan fingerprint density at radius 2 is 1.12 bits per heavy atom. The summed E-state index contributed by atoms with van der Waals surface area (Å²) >= 11 is 0. The highest BCUT2D eigenvalue weighted by Crippen LogP contribution is 2.43. The first-order valence-corrected chi connectivity index (χ1v) is 20.4. The van der Waals surface area contributed by atoms with E-state index < -0.39 is 0 Å². The van der Waals surface area contributed by atoms with E-state index in [9.17, 15) is 0 Å². The normalized spacial score (nSPS) is 12.6. The lowest BCUT2D eigenvalue weighted by Crippen LogP contribution is -2.18. The molecule has 0 amide bonds. The summed E-state index contributed by atoms with van der Waals surface area (Å²) in [7, 11) is 0. The lowest BCUT2D eigenvalue weighted by atomic mass is 9.76. The fourth-order valence-corrected chi connectivity index (χ4v) is 8.09. The third-order valence-corrected chi connectivity index (χ3v) is 11.1. The van der Waals surface area contributed by atoms with E-state index in [1.54, 1.807) is 0 Å². The van der Waals surface area contributed by atoms with Crippen LogP contribution in [0.2, 0.25) is 0 Å². The molecule has 0 saturated carbocycles. The Balaban J connectivity index is 1.31. The molecule has 7 aromatic rings. The minimum atomic E-state index is 0.0249. The quantitative estimate of drug-likeness (QED) is 0.117. The van der Waals surface area contributed by atoms with Gasteiger partial charge in [0.05, 0.1) is 5.69 Å². The van der Waals surface area contributed by atoms with Crippen LogP contribution in [0.4, 0.5) is 28.4 Å². The second kappa shape index (κ2) is 17.1. The number of hydrogen-bond acceptors (Lipinski definition) is 3. The smallest absolute Gasteiger partial charge is 0.0705 e. The molecule has 6 aromatic carbocycles. The molecule has 0 unspecified atom stereocenters. The van der Waals surface area contributed by atoms with E-state index in [-0.39, 0.29) is 5.41 Å². The summed E-state index contributed by atoms with van der Waals surface area (Å²) in [4.78, 5) is 9.62. The van der Waals surface area contributed by atoms with Crippen molar-refractivity contribution in [2.75, 3.05) is 9.80 Å². The van der Waals surface area contributed by atoms with Crippen molar-refractivity contribution in [3.8, 4) is 33.5 Å². The highest BCUT2D eigenvalue weighted by molar-refractivity contribution is 5.87. The first-order chi connectivity index (χ1) is 28.0. The number of allylic oxidation sites excluding steroid dienone is 3. The van der Waals surface area contributed by atoms with Crippen molar-refractivity contribution in [3.05, 3.63) is 206 Å². The molecule has 0 N–H and O–H groups in total. The molecule has 0 bridgehead atoms. The Labute approximate surface area is 339 Å². The van der Waals surface area contributed by atoms with Gasteiger partial charge in [0.1, 0.15) is 0 Å². The molecule has 8 rings (SSSR count). The van der Waals surface area contributed by atoms with Gasteiger partial charge in [0.15, 0.2) is 0 Å².